The van der Waals surface area contributed by atoms with Gasteiger partial charge in [-0.05, 0) is 12.3 Å². The van der Waals surface area contributed by atoms with Gasteiger partial charge in [-0.15, -0.1) is 0 Å². The number of nitrogens with one attached hydrogen (secondary N) is 1. The van der Waals surface area contributed by atoms with Crippen molar-refractivity contribution in [2.24, 2.45) is 11.7 Å². The molecule has 0 aromatic carbocycles. The maximum absolute atomic E-state index is 10.7. The third-order valence-corrected chi connectivity index (χ3v) is 3.02. The number of nitrogens with two attached hydrogens (primary N) is 1. The maximum atomic E-state index is 10.7. The van der Waals surface area contributed by atoms with Gasteiger partial charge in [0.2, 0.25) is 5.91 Å². The van der Waals surface area contributed by atoms with Gasteiger partial charge in [-0.2, -0.15) is 0 Å². The first kappa shape index (κ1) is 12.5. The highest BCUT2D eigenvalue weighted by atomic mass is 16.1. The van der Waals surface area contributed by atoms with E-state index >= 15 is 0 Å². The van der Waals surface area contributed by atoms with Crippen molar-refractivity contribution in [1.29, 1.82) is 0 Å². The molecular weight excluding hydrogens is 190 g/mol. The Balaban J connectivity index is 2.25. The molecule has 0 aromatic heterocycles. The second-order valence-corrected chi connectivity index (χ2v) is 4.51. The van der Waals surface area contributed by atoms with Crippen LogP contribution in [0.2, 0.25) is 0 Å². The molecule has 88 valence electrons. The van der Waals surface area contributed by atoms with Crippen LogP contribution in [0.5, 0.6) is 0 Å². The van der Waals surface area contributed by atoms with Gasteiger partial charge in [-0.1, -0.05) is 13.3 Å². The molecule has 1 saturated heterocycles. The summed E-state index contributed by atoms with van der Waals surface area (Å²) in [6.45, 7) is 7.52. The van der Waals surface area contributed by atoms with Crippen LogP contribution in [0.3, 0.4) is 0 Å². The Morgan fingerprint density at radius 2 is 2.27 bits per heavy atom. The van der Waals surface area contributed by atoms with E-state index in [0.29, 0.717) is 6.04 Å². The number of likely N-dealkylation sites (tertiary alicyclic amines) is 1. The van der Waals surface area contributed by atoms with Gasteiger partial charge in [0.05, 0.1) is 0 Å². The summed E-state index contributed by atoms with van der Waals surface area (Å²) in [5.41, 5.74) is 5.99. The van der Waals surface area contributed by atoms with Crippen LogP contribution < -0.4 is 11.1 Å². The lowest BCUT2D eigenvalue weighted by molar-refractivity contribution is -0.119. The Morgan fingerprint density at radius 1 is 1.53 bits per heavy atom. The van der Waals surface area contributed by atoms with Crippen LogP contribution in [0.15, 0.2) is 0 Å². The summed E-state index contributed by atoms with van der Waals surface area (Å²) in [4.78, 5) is 13.1. The molecule has 0 aromatic rings. The van der Waals surface area contributed by atoms with E-state index in [1.54, 1.807) is 6.92 Å². The summed E-state index contributed by atoms with van der Waals surface area (Å²) >= 11 is 0. The lowest BCUT2D eigenvalue weighted by Gasteiger charge is -2.35. The van der Waals surface area contributed by atoms with E-state index in [1.165, 1.54) is 6.42 Å². The molecule has 15 heavy (non-hydrogen) atoms. The van der Waals surface area contributed by atoms with E-state index in [0.717, 1.165) is 38.5 Å². The zero-order chi connectivity index (χ0) is 11.3. The minimum atomic E-state index is 0.0448. The van der Waals surface area contributed by atoms with Crippen LogP contribution in [0.25, 0.3) is 0 Å². The molecule has 0 spiro atoms. The summed E-state index contributed by atoms with van der Waals surface area (Å²) in [5, 5.41) is 2.82. The van der Waals surface area contributed by atoms with Crippen LogP contribution in [-0.2, 0) is 4.79 Å². The molecule has 1 heterocycles. The van der Waals surface area contributed by atoms with Gasteiger partial charge in [-0.25, -0.2) is 0 Å². The van der Waals surface area contributed by atoms with Gasteiger partial charge in [0.15, 0.2) is 0 Å². The third kappa shape index (κ3) is 4.62. The van der Waals surface area contributed by atoms with Crippen molar-refractivity contribution in [2.75, 3.05) is 26.2 Å². The number of carbonyl (C=O) groups excluding carboxylic acids is 1. The first-order chi connectivity index (χ1) is 7.11. The van der Waals surface area contributed by atoms with E-state index in [2.05, 4.69) is 17.1 Å². The molecule has 1 aliphatic rings. The molecule has 4 nitrogen and oxygen atoms in total. The minimum Gasteiger partial charge on any atom is -0.355 e. The Labute approximate surface area is 92.2 Å². The molecule has 3 N–H and O–H groups in total. The van der Waals surface area contributed by atoms with Crippen LogP contribution in [0, 0.1) is 5.92 Å². The molecule has 4 heteroatoms. The predicted molar refractivity (Wildman–Crippen MR) is 61.5 cm³/mol. The zero-order valence-corrected chi connectivity index (χ0v) is 9.83. The van der Waals surface area contributed by atoms with Crippen molar-refractivity contribution < 1.29 is 4.79 Å². The normalized spacial score (nSPS) is 27.7. The largest absolute Gasteiger partial charge is 0.355 e. The summed E-state index contributed by atoms with van der Waals surface area (Å²) in [7, 11) is 0. The number of nitrogens with zero attached hydrogens (tertiary/aromatic N) is 1. The molecule has 0 aliphatic carbocycles. The molecule has 1 fully saturated rings. The second kappa shape index (κ2) is 6.08. The Kier molecular flexibility index (Phi) is 5.05. The van der Waals surface area contributed by atoms with Gasteiger partial charge >= 0.3 is 0 Å². The lowest BCUT2D eigenvalue weighted by Crippen LogP contribution is -2.48. The number of amides is 1. The van der Waals surface area contributed by atoms with Crippen molar-refractivity contribution >= 4 is 5.91 Å². The van der Waals surface area contributed by atoms with Gasteiger partial charge in [-0.3, -0.25) is 9.69 Å². The number of hydrogen-bond donors (Lipinski definition) is 2. The van der Waals surface area contributed by atoms with E-state index in [1.807, 2.05) is 0 Å². The Morgan fingerprint density at radius 3 is 2.87 bits per heavy atom. The lowest BCUT2D eigenvalue weighted by atomic mass is 9.93. The van der Waals surface area contributed by atoms with Gasteiger partial charge in [0, 0.05) is 39.1 Å². The first-order valence-electron chi connectivity index (χ1n) is 5.84. The monoisotopic (exact) mass is 213 g/mol. The van der Waals surface area contributed by atoms with Crippen molar-refractivity contribution in [3.8, 4) is 0 Å². The predicted octanol–water partition coefficient (Wildman–Crippen LogP) is 0.182. The zero-order valence-electron chi connectivity index (χ0n) is 9.83. The van der Waals surface area contributed by atoms with Crippen LogP contribution >= 0.6 is 0 Å². The molecule has 1 aliphatic heterocycles. The fourth-order valence-electron chi connectivity index (χ4n) is 2.22. The molecule has 0 saturated carbocycles. The van der Waals surface area contributed by atoms with E-state index in [-0.39, 0.29) is 5.91 Å². The number of rotatable bonds is 4. The number of piperidine rings is 1. The maximum Gasteiger partial charge on any atom is 0.216 e. The third-order valence-electron chi connectivity index (χ3n) is 3.02. The fraction of sp³-hybridized carbons (Fsp3) is 0.909. The number of carbonyl (C=O) groups is 1. The topological polar surface area (TPSA) is 58.4 Å². The SMILES string of the molecule is CCC1CC(N)CN(CCNC(C)=O)C1. The minimum absolute atomic E-state index is 0.0448. The van der Waals surface area contributed by atoms with Gasteiger partial charge < -0.3 is 11.1 Å². The van der Waals surface area contributed by atoms with E-state index in [9.17, 15) is 4.79 Å². The smallest absolute Gasteiger partial charge is 0.216 e. The van der Waals surface area contributed by atoms with Gasteiger partial charge in [0.1, 0.15) is 0 Å². The summed E-state index contributed by atoms with van der Waals surface area (Å²) < 4.78 is 0. The molecular formula is C11H23N3O. The molecule has 2 atom stereocenters. The highest BCUT2D eigenvalue weighted by Crippen LogP contribution is 2.17. The average molecular weight is 213 g/mol. The Hall–Kier alpha value is -0.610. The second-order valence-electron chi connectivity index (χ2n) is 4.51. The summed E-state index contributed by atoms with van der Waals surface area (Å²) in [5.74, 6) is 0.773. The summed E-state index contributed by atoms with van der Waals surface area (Å²) in [6, 6.07) is 0.307. The van der Waals surface area contributed by atoms with Crippen LogP contribution in [-0.4, -0.2) is 43.0 Å². The molecule has 0 radical (unpaired) electrons. The molecule has 0 bridgehead atoms. The summed E-state index contributed by atoms with van der Waals surface area (Å²) in [6.07, 6.45) is 2.34. The Bertz CT molecular complexity index is 208. The quantitative estimate of drug-likeness (QED) is 0.700. The van der Waals surface area contributed by atoms with Gasteiger partial charge in [0.25, 0.3) is 0 Å². The highest BCUT2D eigenvalue weighted by Gasteiger charge is 2.23. The van der Waals surface area contributed by atoms with E-state index in [4.69, 9.17) is 5.73 Å². The van der Waals surface area contributed by atoms with Crippen molar-refractivity contribution in [1.82, 2.24) is 10.2 Å². The molecule has 2 unspecified atom stereocenters. The number of hydrogen-bond acceptors (Lipinski definition) is 3. The first-order valence-corrected chi connectivity index (χ1v) is 5.84. The average Bonchev–Trinajstić information content (AvgIpc) is 2.16. The van der Waals surface area contributed by atoms with Crippen LogP contribution in [0.1, 0.15) is 26.7 Å². The van der Waals surface area contributed by atoms with Crippen molar-refractivity contribution in [2.45, 2.75) is 32.7 Å². The highest BCUT2D eigenvalue weighted by molar-refractivity contribution is 5.72. The fourth-order valence-corrected chi connectivity index (χ4v) is 2.22. The van der Waals surface area contributed by atoms with Crippen molar-refractivity contribution in [3.63, 3.8) is 0 Å². The molecule has 1 rings (SSSR count). The van der Waals surface area contributed by atoms with Crippen LogP contribution in [0.4, 0.5) is 0 Å². The molecule has 1 amide bonds. The van der Waals surface area contributed by atoms with E-state index < -0.39 is 0 Å². The van der Waals surface area contributed by atoms with Crippen molar-refractivity contribution in [3.05, 3.63) is 0 Å². The standard InChI is InChI=1S/C11H23N3O/c1-3-10-6-11(12)8-14(7-10)5-4-13-9(2)15/h10-11H,3-8,12H2,1-2H3,(H,13,15).